The number of hydrogen-bond donors (Lipinski definition) is 0. The van der Waals surface area contributed by atoms with Crippen molar-refractivity contribution in [3.8, 4) is 44.5 Å². The van der Waals surface area contributed by atoms with Crippen LogP contribution in [0.25, 0.3) is 44.5 Å². The Morgan fingerprint density at radius 2 is 0.812 bits per heavy atom. The molecular formula is C47H39N. The summed E-state index contributed by atoms with van der Waals surface area (Å²) in [7, 11) is 0. The molecule has 0 saturated heterocycles. The summed E-state index contributed by atoms with van der Waals surface area (Å²) in [6.07, 6.45) is 0. The van der Waals surface area contributed by atoms with Gasteiger partial charge in [0.05, 0.1) is 5.69 Å². The minimum atomic E-state index is -0.0787. The number of nitrogens with zero attached hydrogens (tertiary/aromatic N) is 1. The molecule has 232 valence electrons. The largest absolute Gasteiger partial charge is 0.310 e. The van der Waals surface area contributed by atoms with Gasteiger partial charge in [0.1, 0.15) is 0 Å². The number of fused-ring (bicyclic) bond motifs is 3. The Balaban J connectivity index is 1.24. The molecule has 0 spiro atoms. The molecular weight excluding hydrogens is 579 g/mol. The molecule has 1 aliphatic carbocycles. The van der Waals surface area contributed by atoms with E-state index in [1.165, 1.54) is 78.1 Å². The van der Waals surface area contributed by atoms with Crippen LogP contribution >= 0.6 is 0 Å². The molecule has 0 N–H and O–H groups in total. The van der Waals surface area contributed by atoms with Gasteiger partial charge in [0.2, 0.25) is 0 Å². The Morgan fingerprint density at radius 1 is 0.375 bits per heavy atom. The Morgan fingerprint density at radius 3 is 1.40 bits per heavy atom. The average molecular weight is 618 g/mol. The molecule has 0 fully saturated rings. The minimum absolute atomic E-state index is 0.0787. The van der Waals surface area contributed by atoms with Gasteiger partial charge in [-0.15, -0.1) is 0 Å². The molecule has 1 nitrogen and oxygen atoms in total. The first-order valence-corrected chi connectivity index (χ1v) is 16.9. The van der Waals surface area contributed by atoms with Crippen LogP contribution in [0.4, 0.5) is 17.1 Å². The molecule has 0 bridgehead atoms. The summed E-state index contributed by atoms with van der Waals surface area (Å²) in [6, 6.07) is 59.8. The van der Waals surface area contributed by atoms with Crippen LogP contribution in [-0.2, 0) is 5.41 Å². The lowest BCUT2D eigenvalue weighted by Crippen LogP contribution is -2.17. The number of aryl methyl sites for hydroxylation is 2. The highest BCUT2D eigenvalue weighted by Gasteiger charge is 2.35. The second-order valence-electron chi connectivity index (χ2n) is 13.6. The predicted molar refractivity (Wildman–Crippen MR) is 204 cm³/mol. The zero-order chi connectivity index (χ0) is 32.8. The smallest absolute Gasteiger partial charge is 0.0520 e. The van der Waals surface area contributed by atoms with Crippen LogP contribution in [0.5, 0.6) is 0 Å². The lowest BCUT2D eigenvalue weighted by atomic mass is 9.82. The second kappa shape index (κ2) is 11.9. The van der Waals surface area contributed by atoms with Gasteiger partial charge in [-0.05, 0) is 117 Å². The first kappa shape index (κ1) is 29.7. The van der Waals surface area contributed by atoms with Crippen LogP contribution in [0.3, 0.4) is 0 Å². The standard InChI is InChI=1S/C47H39N/c1-32-29-39(38-21-19-36(20-22-38)34-13-7-5-8-14-34)30-33(2)46(32)48(40-25-23-37(24-26-40)35-15-9-6-10-16-35)41-27-28-43-42-17-11-12-18-44(42)47(3,4)45(43)31-41/h5-31H,1-4H3. The van der Waals surface area contributed by atoms with Crippen molar-refractivity contribution in [1.82, 2.24) is 0 Å². The molecule has 48 heavy (non-hydrogen) atoms. The van der Waals surface area contributed by atoms with Crippen LogP contribution in [0, 0.1) is 13.8 Å². The van der Waals surface area contributed by atoms with Gasteiger partial charge in [0.25, 0.3) is 0 Å². The van der Waals surface area contributed by atoms with Gasteiger partial charge in [-0.1, -0.05) is 141 Å². The van der Waals surface area contributed by atoms with E-state index in [-0.39, 0.29) is 5.41 Å². The predicted octanol–water partition coefficient (Wildman–Crippen LogP) is 13.1. The number of anilines is 3. The van der Waals surface area contributed by atoms with Crippen LogP contribution in [0.15, 0.2) is 164 Å². The van der Waals surface area contributed by atoms with Crippen LogP contribution < -0.4 is 4.90 Å². The van der Waals surface area contributed by atoms with Crippen molar-refractivity contribution in [2.24, 2.45) is 0 Å². The van der Waals surface area contributed by atoms with E-state index in [9.17, 15) is 0 Å². The molecule has 8 rings (SSSR count). The lowest BCUT2D eigenvalue weighted by molar-refractivity contribution is 0.660. The normalized spacial score (nSPS) is 12.8. The van der Waals surface area contributed by atoms with E-state index in [2.05, 4.69) is 196 Å². The van der Waals surface area contributed by atoms with E-state index in [1.54, 1.807) is 0 Å². The highest BCUT2D eigenvalue weighted by molar-refractivity contribution is 5.88. The summed E-state index contributed by atoms with van der Waals surface area (Å²) in [5, 5.41) is 0. The molecule has 0 heterocycles. The number of hydrogen-bond acceptors (Lipinski definition) is 1. The quantitative estimate of drug-likeness (QED) is 0.179. The van der Waals surface area contributed by atoms with Crippen LogP contribution in [0.1, 0.15) is 36.1 Å². The molecule has 1 aliphatic rings. The molecule has 0 unspecified atom stereocenters. The Bertz CT molecular complexity index is 2220. The highest BCUT2D eigenvalue weighted by atomic mass is 15.1. The molecule has 0 aliphatic heterocycles. The first-order valence-electron chi connectivity index (χ1n) is 16.9. The van der Waals surface area contributed by atoms with Crippen molar-refractivity contribution >= 4 is 17.1 Å². The molecule has 1 heteroatoms. The fourth-order valence-electron chi connectivity index (χ4n) is 7.63. The number of benzene rings is 7. The zero-order valence-electron chi connectivity index (χ0n) is 28.0. The summed E-state index contributed by atoms with van der Waals surface area (Å²) in [5.41, 5.74) is 18.8. The van der Waals surface area contributed by atoms with Crippen molar-refractivity contribution < 1.29 is 0 Å². The van der Waals surface area contributed by atoms with Gasteiger partial charge in [0.15, 0.2) is 0 Å². The van der Waals surface area contributed by atoms with Gasteiger partial charge in [-0.25, -0.2) is 0 Å². The van der Waals surface area contributed by atoms with E-state index in [1.807, 2.05) is 0 Å². The highest BCUT2D eigenvalue weighted by Crippen LogP contribution is 2.51. The van der Waals surface area contributed by atoms with Crippen molar-refractivity contribution in [3.05, 3.63) is 186 Å². The van der Waals surface area contributed by atoms with Gasteiger partial charge in [0, 0.05) is 16.8 Å². The molecule has 7 aromatic carbocycles. The van der Waals surface area contributed by atoms with Crippen molar-refractivity contribution in [2.45, 2.75) is 33.1 Å². The summed E-state index contributed by atoms with van der Waals surface area (Å²) in [6.45, 7) is 9.22. The van der Waals surface area contributed by atoms with E-state index in [0.717, 1.165) is 5.69 Å². The fraction of sp³-hybridized carbons (Fsp3) is 0.106. The SMILES string of the molecule is Cc1cc(-c2ccc(-c3ccccc3)cc2)cc(C)c1N(c1ccc(-c2ccccc2)cc1)c1ccc2c(c1)C(C)(C)c1ccccc1-2. The average Bonchev–Trinajstić information content (AvgIpc) is 3.36. The third-order valence-corrected chi connectivity index (χ3v) is 10.1. The molecule has 7 aromatic rings. The maximum Gasteiger partial charge on any atom is 0.0520 e. The molecule has 0 aromatic heterocycles. The number of rotatable bonds is 6. The van der Waals surface area contributed by atoms with Crippen LogP contribution in [-0.4, -0.2) is 0 Å². The topological polar surface area (TPSA) is 3.24 Å². The second-order valence-corrected chi connectivity index (χ2v) is 13.6. The van der Waals surface area contributed by atoms with Gasteiger partial charge >= 0.3 is 0 Å². The summed E-state index contributed by atoms with van der Waals surface area (Å²) >= 11 is 0. The maximum atomic E-state index is 2.46. The van der Waals surface area contributed by atoms with Gasteiger partial charge in [-0.3, -0.25) is 0 Å². The summed E-state index contributed by atoms with van der Waals surface area (Å²) in [5.74, 6) is 0. The molecule has 0 atom stereocenters. The Kier molecular flexibility index (Phi) is 7.34. The van der Waals surface area contributed by atoms with Gasteiger partial charge in [-0.2, -0.15) is 0 Å². The van der Waals surface area contributed by atoms with E-state index in [0.29, 0.717) is 0 Å². The molecule has 0 saturated carbocycles. The Hall–Kier alpha value is -5.66. The lowest BCUT2D eigenvalue weighted by Gasteiger charge is -2.31. The third-order valence-electron chi connectivity index (χ3n) is 10.1. The van der Waals surface area contributed by atoms with Crippen molar-refractivity contribution in [3.63, 3.8) is 0 Å². The van der Waals surface area contributed by atoms with Crippen molar-refractivity contribution in [1.29, 1.82) is 0 Å². The van der Waals surface area contributed by atoms with Crippen LogP contribution in [0.2, 0.25) is 0 Å². The summed E-state index contributed by atoms with van der Waals surface area (Å²) in [4.78, 5) is 2.46. The van der Waals surface area contributed by atoms with E-state index < -0.39 is 0 Å². The summed E-state index contributed by atoms with van der Waals surface area (Å²) < 4.78 is 0. The van der Waals surface area contributed by atoms with E-state index in [4.69, 9.17) is 0 Å². The molecule has 0 amide bonds. The Labute approximate surface area is 284 Å². The van der Waals surface area contributed by atoms with Gasteiger partial charge < -0.3 is 4.90 Å². The maximum absolute atomic E-state index is 2.46. The molecule has 0 radical (unpaired) electrons. The first-order chi connectivity index (χ1) is 23.4. The van der Waals surface area contributed by atoms with Crippen molar-refractivity contribution in [2.75, 3.05) is 4.90 Å². The third kappa shape index (κ3) is 5.13. The monoisotopic (exact) mass is 617 g/mol. The van der Waals surface area contributed by atoms with E-state index >= 15 is 0 Å². The minimum Gasteiger partial charge on any atom is -0.310 e. The fourth-order valence-corrected chi connectivity index (χ4v) is 7.63. The zero-order valence-corrected chi connectivity index (χ0v) is 28.0.